The number of aromatic nitrogens is 1. The van der Waals surface area contributed by atoms with Gasteiger partial charge in [0.15, 0.2) is 0 Å². The zero-order valence-electron chi connectivity index (χ0n) is 13.5. The first-order chi connectivity index (χ1) is 10.8. The van der Waals surface area contributed by atoms with Gasteiger partial charge in [0.25, 0.3) is 0 Å². The number of carbonyl (C=O) groups is 1. The molecular formula is C17H21ClN2O3. The second-order valence-corrected chi connectivity index (χ2v) is 6.84. The van der Waals surface area contributed by atoms with E-state index < -0.39 is 0 Å². The summed E-state index contributed by atoms with van der Waals surface area (Å²) in [7, 11) is 0. The van der Waals surface area contributed by atoms with Crippen molar-refractivity contribution >= 4 is 17.5 Å². The lowest BCUT2D eigenvalue weighted by molar-refractivity contribution is -0.121. The number of carbonyl (C=O) groups excluding carboxylic acids is 1. The minimum absolute atomic E-state index is 0.0402. The summed E-state index contributed by atoms with van der Waals surface area (Å²) in [5, 5.41) is 12.4. The summed E-state index contributed by atoms with van der Waals surface area (Å²) in [6.07, 6.45) is 2.57. The van der Waals surface area contributed by atoms with Crippen LogP contribution in [0.4, 0.5) is 0 Å². The van der Waals surface area contributed by atoms with E-state index >= 15 is 0 Å². The lowest BCUT2D eigenvalue weighted by Crippen LogP contribution is -2.23. The second-order valence-electron chi connectivity index (χ2n) is 6.43. The number of phenols is 1. The zero-order valence-corrected chi connectivity index (χ0v) is 14.3. The van der Waals surface area contributed by atoms with Gasteiger partial charge >= 0.3 is 0 Å². The molecule has 5 nitrogen and oxygen atoms in total. The topological polar surface area (TPSA) is 75.4 Å². The minimum Gasteiger partial charge on any atom is -0.506 e. The molecule has 0 fully saturated rings. The van der Waals surface area contributed by atoms with Crippen LogP contribution in [0.1, 0.15) is 44.4 Å². The van der Waals surface area contributed by atoms with Crippen LogP contribution in [-0.2, 0) is 23.2 Å². The van der Waals surface area contributed by atoms with Gasteiger partial charge in [0.05, 0.1) is 17.8 Å². The molecule has 1 heterocycles. The SMILES string of the molecule is CC(C)(C)c1cnc(CNC(=O)CCc2ccc(O)c(Cl)c2)o1. The molecule has 0 radical (unpaired) electrons. The van der Waals surface area contributed by atoms with E-state index in [-0.39, 0.29) is 28.6 Å². The first kappa shape index (κ1) is 17.3. The third-order valence-corrected chi connectivity index (χ3v) is 3.69. The van der Waals surface area contributed by atoms with Gasteiger partial charge in [-0.2, -0.15) is 0 Å². The number of halogens is 1. The van der Waals surface area contributed by atoms with Crippen LogP contribution in [0.25, 0.3) is 0 Å². The molecule has 0 atom stereocenters. The molecule has 1 aromatic carbocycles. The average Bonchev–Trinajstić information content (AvgIpc) is 2.95. The normalized spacial score (nSPS) is 11.5. The summed E-state index contributed by atoms with van der Waals surface area (Å²) in [5.74, 6) is 1.24. The number of aromatic hydroxyl groups is 1. The predicted octanol–water partition coefficient (Wildman–Crippen LogP) is 3.58. The molecule has 23 heavy (non-hydrogen) atoms. The maximum atomic E-state index is 11.9. The monoisotopic (exact) mass is 336 g/mol. The zero-order chi connectivity index (χ0) is 17.0. The standard InChI is InChI=1S/C17H21ClN2O3/c1-17(2,3)14-9-20-16(23-14)10-19-15(22)7-5-11-4-6-13(21)12(18)8-11/h4,6,8-9,21H,5,7,10H2,1-3H3,(H,19,22). The van der Waals surface area contributed by atoms with Crippen LogP contribution in [0.15, 0.2) is 28.8 Å². The summed E-state index contributed by atoms with van der Waals surface area (Å²) in [5.41, 5.74) is 0.794. The minimum atomic E-state index is -0.104. The van der Waals surface area contributed by atoms with Crippen LogP contribution in [0, 0.1) is 0 Å². The van der Waals surface area contributed by atoms with E-state index in [2.05, 4.69) is 10.3 Å². The average molecular weight is 337 g/mol. The number of oxazole rings is 1. The highest BCUT2D eigenvalue weighted by Gasteiger charge is 2.19. The number of rotatable bonds is 5. The molecule has 0 aliphatic rings. The Hall–Kier alpha value is -2.01. The fourth-order valence-electron chi connectivity index (χ4n) is 1.97. The molecule has 0 aliphatic heterocycles. The first-order valence-corrected chi connectivity index (χ1v) is 7.83. The van der Waals surface area contributed by atoms with Gasteiger partial charge in [-0.15, -0.1) is 0 Å². The smallest absolute Gasteiger partial charge is 0.220 e. The lowest BCUT2D eigenvalue weighted by atomic mass is 9.94. The fourth-order valence-corrected chi connectivity index (χ4v) is 2.17. The van der Waals surface area contributed by atoms with E-state index in [9.17, 15) is 9.90 Å². The van der Waals surface area contributed by atoms with Crippen molar-refractivity contribution in [3.8, 4) is 5.75 Å². The van der Waals surface area contributed by atoms with Crippen molar-refractivity contribution in [2.75, 3.05) is 0 Å². The van der Waals surface area contributed by atoms with Gasteiger partial charge in [0.1, 0.15) is 11.5 Å². The Kier molecular flexibility index (Phi) is 5.31. The third kappa shape index (κ3) is 4.99. The van der Waals surface area contributed by atoms with Crippen molar-refractivity contribution in [2.45, 2.75) is 45.6 Å². The van der Waals surface area contributed by atoms with Crippen LogP contribution < -0.4 is 5.32 Å². The molecule has 0 aliphatic carbocycles. The van der Waals surface area contributed by atoms with Gasteiger partial charge in [-0.05, 0) is 24.1 Å². The van der Waals surface area contributed by atoms with Crippen molar-refractivity contribution in [2.24, 2.45) is 0 Å². The fraction of sp³-hybridized carbons (Fsp3) is 0.412. The van der Waals surface area contributed by atoms with E-state index in [4.69, 9.17) is 16.0 Å². The number of hydrogen-bond donors (Lipinski definition) is 2. The molecule has 1 aromatic heterocycles. The Morgan fingerprint density at radius 2 is 2.13 bits per heavy atom. The molecule has 0 bridgehead atoms. The van der Waals surface area contributed by atoms with Gasteiger partial charge in [0.2, 0.25) is 11.8 Å². The predicted molar refractivity (Wildman–Crippen MR) is 88.5 cm³/mol. The number of amides is 1. The number of phenolic OH excluding ortho intramolecular Hbond substituents is 1. The Morgan fingerprint density at radius 3 is 2.74 bits per heavy atom. The molecule has 6 heteroatoms. The van der Waals surface area contributed by atoms with Crippen molar-refractivity contribution in [3.63, 3.8) is 0 Å². The number of aryl methyl sites for hydroxylation is 1. The van der Waals surface area contributed by atoms with E-state index in [0.29, 0.717) is 18.7 Å². The molecular weight excluding hydrogens is 316 g/mol. The Bertz CT molecular complexity index is 689. The number of nitrogens with zero attached hydrogens (tertiary/aromatic N) is 1. The van der Waals surface area contributed by atoms with Gasteiger partial charge in [-0.25, -0.2) is 4.98 Å². The quantitative estimate of drug-likeness (QED) is 0.875. The maximum absolute atomic E-state index is 11.9. The highest BCUT2D eigenvalue weighted by molar-refractivity contribution is 6.32. The van der Waals surface area contributed by atoms with E-state index in [1.807, 2.05) is 20.8 Å². The largest absolute Gasteiger partial charge is 0.506 e. The van der Waals surface area contributed by atoms with E-state index in [1.165, 1.54) is 6.07 Å². The van der Waals surface area contributed by atoms with E-state index in [1.54, 1.807) is 18.3 Å². The van der Waals surface area contributed by atoms with Crippen molar-refractivity contribution in [1.82, 2.24) is 10.3 Å². The third-order valence-electron chi connectivity index (χ3n) is 3.38. The van der Waals surface area contributed by atoms with Crippen LogP contribution in [-0.4, -0.2) is 16.0 Å². The molecule has 2 N–H and O–H groups in total. The summed E-state index contributed by atoms with van der Waals surface area (Å²) < 4.78 is 5.62. The van der Waals surface area contributed by atoms with Gasteiger partial charge in [-0.3, -0.25) is 4.79 Å². The summed E-state index contributed by atoms with van der Waals surface area (Å²) in [4.78, 5) is 16.0. The maximum Gasteiger partial charge on any atom is 0.220 e. The van der Waals surface area contributed by atoms with Crippen LogP contribution >= 0.6 is 11.6 Å². The van der Waals surface area contributed by atoms with Crippen molar-refractivity contribution in [1.29, 1.82) is 0 Å². The number of hydrogen-bond acceptors (Lipinski definition) is 4. The van der Waals surface area contributed by atoms with Gasteiger partial charge < -0.3 is 14.8 Å². The summed E-state index contributed by atoms with van der Waals surface area (Å²) in [6.45, 7) is 6.39. The molecule has 0 saturated carbocycles. The molecule has 0 unspecified atom stereocenters. The van der Waals surface area contributed by atoms with Crippen LogP contribution in [0.5, 0.6) is 5.75 Å². The molecule has 2 aromatic rings. The highest BCUT2D eigenvalue weighted by atomic mass is 35.5. The number of benzene rings is 1. The number of nitrogens with one attached hydrogen (secondary N) is 1. The molecule has 0 saturated heterocycles. The molecule has 1 amide bonds. The van der Waals surface area contributed by atoms with Crippen molar-refractivity contribution < 1.29 is 14.3 Å². The van der Waals surface area contributed by atoms with E-state index in [0.717, 1.165) is 11.3 Å². The van der Waals surface area contributed by atoms with Gasteiger partial charge in [-0.1, -0.05) is 38.4 Å². The molecule has 2 rings (SSSR count). The van der Waals surface area contributed by atoms with Crippen LogP contribution in [0.3, 0.4) is 0 Å². The summed E-state index contributed by atoms with van der Waals surface area (Å²) in [6, 6.07) is 4.93. The summed E-state index contributed by atoms with van der Waals surface area (Å²) >= 11 is 5.84. The van der Waals surface area contributed by atoms with Crippen LogP contribution in [0.2, 0.25) is 5.02 Å². The molecule has 124 valence electrons. The Balaban J connectivity index is 1.81. The molecule has 0 spiro atoms. The second kappa shape index (κ2) is 7.04. The first-order valence-electron chi connectivity index (χ1n) is 7.45. The highest BCUT2D eigenvalue weighted by Crippen LogP contribution is 2.24. The Labute approximate surface area is 140 Å². The Morgan fingerprint density at radius 1 is 1.39 bits per heavy atom. The lowest BCUT2D eigenvalue weighted by Gasteiger charge is -2.13. The van der Waals surface area contributed by atoms with Crippen molar-refractivity contribution in [3.05, 3.63) is 46.6 Å². The van der Waals surface area contributed by atoms with Gasteiger partial charge in [0, 0.05) is 11.8 Å².